The molecule has 0 aliphatic carbocycles. The molecular formula is C22H22N2O3. The van der Waals surface area contributed by atoms with Gasteiger partial charge in [-0.25, -0.2) is 4.79 Å². The summed E-state index contributed by atoms with van der Waals surface area (Å²) >= 11 is 0. The number of hydrogen-bond acceptors (Lipinski definition) is 4. The minimum atomic E-state index is -0.569. The van der Waals surface area contributed by atoms with Crippen molar-refractivity contribution in [2.45, 2.75) is 13.5 Å². The van der Waals surface area contributed by atoms with Crippen molar-refractivity contribution in [3.63, 3.8) is 0 Å². The fourth-order valence-corrected chi connectivity index (χ4v) is 3.56. The number of fused-ring (bicyclic) bond motifs is 1. The van der Waals surface area contributed by atoms with E-state index in [1.165, 1.54) is 11.1 Å². The molecule has 0 spiro atoms. The molecule has 2 heterocycles. The summed E-state index contributed by atoms with van der Waals surface area (Å²) in [7, 11) is 0. The Hall–Kier alpha value is -2.92. The highest BCUT2D eigenvalue weighted by Crippen LogP contribution is 2.15. The maximum Gasteiger partial charge on any atom is 0.349 e. The van der Waals surface area contributed by atoms with Crippen LogP contribution in [0.1, 0.15) is 21.5 Å². The lowest BCUT2D eigenvalue weighted by atomic mass is 10.1. The zero-order valence-corrected chi connectivity index (χ0v) is 15.4. The highest BCUT2D eigenvalue weighted by Gasteiger charge is 2.24. The lowest BCUT2D eigenvalue weighted by Gasteiger charge is -2.34. The van der Waals surface area contributed by atoms with Gasteiger partial charge in [-0.15, -0.1) is 0 Å². The Morgan fingerprint density at radius 2 is 1.78 bits per heavy atom. The van der Waals surface area contributed by atoms with Crippen LogP contribution in [0.15, 0.2) is 63.8 Å². The van der Waals surface area contributed by atoms with Crippen molar-refractivity contribution in [3.05, 3.63) is 81.7 Å². The minimum absolute atomic E-state index is 0.112. The van der Waals surface area contributed by atoms with Gasteiger partial charge in [-0.05, 0) is 24.6 Å². The van der Waals surface area contributed by atoms with E-state index in [0.717, 1.165) is 25.0 Å². The van der Waals surface area contributed by atoms with Crippen molar-refractivity contribution in [2.75, 3.05) is 26.2 Å². The molecule has 4 rings (SSSR count). The van der Waals surface area contributed by atoms with Gasteiger partial charge >= 0.3 is 5.63 Å². The highest BCUT2D eigenvalue weighted by atomic mass is 16.4. The largest absolute Gasteiger partial charge is 0.422 e. The quantitative estimate of drug-likeness (QED) is 0.672. The Bertz CT molecular complexity index is 1030. The van der Waals surface area contributed by atoms with E-state index in [1.54, 1.807) is 23.1 Å². The molecule has 0 atom stereocenters. The van der Waals surface area contributed by atoms with Gasteiger partial charge in [0.05, 0.1) is 0 Å². The first-order chi connectivity index (χ1) is 13.1. The number of piperazine rings is 1. The van der Waals surface area contributed by atoms with Crippen molar-refractivity contribution in [2.24, 2.45) is 0 Å². The van der Waals surface area contributed by atoms with Gasteiger partial charge in [-0.1, -0.05) is 48.0 Å². The van der Waals surface area contributed by atoms with Crippen LogP contribution < -0.4 is 5.63 Å². The number of carbonyl (C=O) groups is 1. The highest BCUT2D eigenvalue weighted by molar-refractivity contribution is 5.96. The van der Waals surface area contributed by atoms with Gasteiger partial charge in [0.15, 0.2) is 0 Å². The van der Waals surface area contributed by atoms with E-state index in [0.29, 0.717) is 18.7 Å². The van der Waals surface area contributed by atoms with Gasteiger partial charge in [0.2, 0.25) is 0 Å². The molecule has 27 heavy (non-hydrogen) atoms. The van der Waals surface area contributed by atoms with E-state index in [9.17, 15) is 9.59 Å². The van der Waals surface area contributed by atoms with Crippen LogP contribution in [0.3, 0.4) is 0 Å². The third kappa shape index (κ3) is 3.78. The summed E-state index contributed by atoms with van der Waals surface area (Å²) in [6.07, 6.45) is 0. The number of carbonyl (C=O) groups excluding carboxylic acids is 1. The van der Waals surface area contributed by atoms with Gasteiger partial charge in [0.25, 0.3) is 5.91 Å². The maximum atomic E-state index is 12.8. The molecule has 5 nitrogen and oxygen atoms in total. The summed E-state index contributed by atoms with van der Waals surface area (Å²) in [4.78, 5) is 29.1. The third-order valence-corrected chi connectivity index (χ3v) is 5.02. The fourth-order valence-electron chi connectivity index (χ4n) is 3.56. The van der Waals surface area contributed by atoms with E-state index in [4.69, 9.17) is 4.42 Å². The van der Waals surface area contributed by atoms with E-state index in [-0.39, 0.29) is 11.5 Å². The molecule has 1 fully saturated rings. The summed E-state index contributed by atoms with van der Waals surface area (Å²) < 4.78 is 5.30. The van der Waals surface area contributed by atoms with Crippen LogP contribution in [0.5, 0.6) is 0 Å². The Balaban J connectivity index is 1.44. The van der Waals surface area contributed by atoms with Crippen molar-refractivity contribution in [1.29, 1.82) is 0 Å². The maximum absolute atomic E-state index is 12.8. The van der Waals surface area contributed by atoms with Crippen LogP contribution in [-0.2, 0) is 6.54 Å². The predicted octanol–water partition coefficient (Wildman–Crippen LogP) is 3.06. The summed E-state index contributed by atoms with van der Waals surface area (Å²) in [5, 5.41) is 0.763. The van der Waals surface area contributed by atoms with Crippen molar-refractivity contribution in [3.8, 4) is 0 Å². The van der Waals surface area contributed by atoms with Crippen LogP contribution in [0.25, 0.3) is 11.0 Å². The molecule has 3 aromatic rings. The number of benzene rings is 2. The van der Waals surface area contributed by atoms with E-state index < -0.39 is 5.63 Å². The molecule has 1 aromatic heterocycles. The Labute approximate surface area is 157 Å². The Kier molecular flexibility index (Phi) is 4.77. The average molecular weight is 362 g/mol. The summed E-state index contributed by atoms with van der Waals surface area (Å²) in [5.74, 6) is -0.246. The van der Waals surface area contributed by atoms with Crippen LogP contribution in [0.2, 0.25) is 0 Å². The van der Waals surface area contributed by atoms with Crippen molar-refractivity contribution in [1.82, 2.24) is 9.80 Å². The second kappa shape index (κ2) is 7.37. The average Bonchev–Trinajstić information content (AvgIpc) is 2.67. The number of hydrogen-bond donors (Lipinski definition) is 0. The Morgan fingerprint density at radius 3 is 2.56 bits per heavy atom. The van der Waals surface area contributed by atoms with Gasteiger partial charge < -0.3 is 9.32 Å². The monoisotopic (exact) mass is 362 g/mol. The number of para-hydroxylation sites is 1. The normalized spacial score (nSPS) is 15.2. The molecule has 1 amide bonds. The topological polar surface area (TPSA) is 53.8 Å². The van der Waals surface area contributed by atoms with E-state index >= 15 is 0 Å². The van der Waals surface area contributed by atoms with Crippen molar-refractivity contribution >= 4 is 16.9 Å². The smallest absolute Gasteiger partial charge is 0.349 e. The standard InChI is InChI=1S/C22H22N2O3/c1-16-5-4-6-17(13-16)15-23-9-11-24(12-10-23)21(25)19-14-18-7-2-3-8-20(18)27-22(19)26/h2-8,13-14H,9-12,15H2,1H3. The fraction of sp³-hybridized carbons (Fsp3) is 0.273. The second-order valence-corrected chi connectivity index (χ2v) is 7.04. The van der Waals surface area contributed by atoms with Gasteiger partial charge in [0, 0.05) is 38.1 Å². The first-order valence-electron chi connectivity index (χ1n) is 9.20. The van der Waals surface area contributed by atoms with Gasteiger partial charge in [-0.2, -0.15) is 0 Å². The lowest BCUT2D eigenvalue weighted by molar-refractivity contribution is 0.0624. The van der Waals surface area contributed by atoms with E-state index in [2.05, 4.69) is 36.1 Å². The number of amides is 1. The van der Waals surface area contributed by atoms with Crippen LogP contribution in [-0.4, -0.2) is 41.9 Å². The van der Waals surface area contributed by atoms with Crippen LogP contribution in [0, 0.1) is 6.92 Å². The molecule has 0 bridgehead atoms. The Morgan fingerprint density at radius 1 is 1.00 bits per heavy atom. The molecule has 0 N–H and O–H groups in total. The molecule has 2 aromatic carbocycles. The zero-order valence-electron chi connectivity index (χ0n) is 15.4. The van der Waals surface area contributed by atoms with Gasteiger partial charge in [-0.3, -0.25) is 9.69 Å². The van der Waals surface area contributed by atoms with Gasteiger partial charge in [0.1, 0.15) is 11.1 Å². The third-order valence-electron chi connectivity index (χ3n) is 5.02. The molecule has 0 saturated carbocycles. The molecule has 0 radical (unpaired) electrons. The first kappa shape index (κ1) is 17.5. The SMILES string of the molecule is Cc1cccc(CN2CCN(C(=O)c3cc4ccccc4oc3=O)CC2)c1. The number of aryl methyl sites for hydroxylation is 1. The minimum Gasteiger partial charge on any atom is -0.422 e. The first-order valence-corrected chi connectivity index (χ1v) is 9.20. The molecule has 1 aliphatic heterocycles. The molecule has 0 unspecified atom stereocenters. The zero-order chi connectivity index (χ0) is 18.8. The summed E-state index contributed by atoms with van der Waals surface area (Å²) in [6.45, 7) is 5.77. The molecule has 138 valence electrons. The predicted molar refractivity (Wildman–Crippen MR) is 105 cm³/mol. The summed E-state index contributed by atoms with van der Waals surface area (Å²) in [5.41, 5.74) is 2.58. The number of nitrogens with zero attached hydrogens (tertiary/aromatic N) is 2. The van der Waals surface area contributed by atoms with Crippen molar-refractivity contribution < 1.29 is 9.21 Å². The molecule has 1 saturated heterocycles. The van der Waals surface area contributed by atoms with Crippen LogP contribution in [0.4, 0.5) is 0 Å². The lowest BCUT2D eigenvalue weighted by Crippen LogP contribution is -2.49. The molecular weight excluding hydrogens is 340 g/mol. The van der Waals surface area contributed by atoms with Crippen LogP contribution >= 0.6 is 0 Å². The number of rotatable bonds is 3. The van der Waals surface area contributed by atoms with E-state index in [1.807, 2.05) is 12.1 Å². The second-order valence-electron chi connectivity index (χ2n) is 7.04. The summed E-state index contributed by atoms with van der Waals surface area (Å²) in [6, 6.07) is 17.4. The molecule has 5 heteroatoms. The molecule has 1 aliphatic rings.